The third kappa shape index (κ3) is 6.13. The van der Waals surface area contributed by atoms with Crippen LogP contribution in [0.3, 0.4) is 0 Å². The van der Waals surface area contributed by atoms with Crippen molar-refractivity contribution in [3.63, 3.8) is 0 Å². The molecule has 2 N–H and O–H groups in total. The number of nitrogens with zero attached hydrogens (tertiary/aromatic N) is 1. The van der Waals surface area contributed by atoms with Crippen molar-refractivity contribution < 1.29 is 14.7 Å². The van der Waals surface area contributed by atoms with Gasteiger partial charge in [-0.2, -0.15) is 0 Å². The molecule has 1 aromatic rings. The summed E-state index contributed by atoms with van der Waals surface area (Å²) >= 11 is 0. The summed E-state index contributed by atoms with van der Waals surface area (Å²) in [6, 6.07) is 3.61. The monoisotopic (exact) mass is 276 g/mol. The van der Waals surface area contributed by atoms with Gasteiger partial charge in [0.2, 0.25) is 5.91 Å². The average molecular weight is 276 g/mol. The van der Waals surface area contributed by atoms with Gasteiger partial charge in [0.1, 0.15) is 0 Å². The lowest BCUT2D eigenvalue weighted by atomic mass is 9.97. The topological polar surface area (TPSA) is 79.3 Å². The van der Waals surface area contributed by atoms with Crippen molar-refractivity contribution in [3.8, 4) is 0 Å². The van der Waals surface area contributed by atoms with E-state index in [0.717, 1.165) is 5.56 Å². The molecule has 0 fully saturated rings. The first-order valence-electron chi connectivity index (χ1n) is 6.57. The molecule has 1 aromatic heterocycles. The molecule has 0 aliphatic rings. The van der Waals surface area contributed by atoms with Gasteiger partial charge in [0, 0.05) is 25.0 Å². The summed E-state index contributed by atoms with van der Waals surface area (Å²) < 4.78 is 0. The third-order valence-corrected chi connectivity index (χ3v) is 2.74. The van der Waals surface area contributed by atoms with Crippen LogP contribution in [0, 0.1) is 11.8 Å². The van der Waals surface area contributed by atoms with Gasteiger partial charge in [-0.05, 0) is 30.0 Å². The van der Waals surface area contributed by atoms with E-state index in [1.807, 2.05) is 19.9 Å². The summed E-state index contributed by atoms with van der Waals surface area (Å²) in [5.74, 6) is -1.45. The number of hydrogen-bond acceptors (Lipinski definition) is 3. The fourth-order valence-electron chi connectivity index (χ4n) is 1.77. The highest BCUT2D eigenvalue weighted by molar-refractivity contribution is 5.91. The first kappa shape index (κ1) is 15.9. The summed E-state index contributed by atoms with van der Waals surface area (Å²) in [4.78, 5) is 26.6. The van der Waals surface area contributed by atoms with Crippen molar-refractivity contribution in [3.05, 3.63) is 36.2 Å². The van der Waals surface area contributed by atoms with E-state index in [9.17, 15) is 9.59 Å². The molecule has 0 saturated heterocycles. The smallest absolute Gasteiger partial charge is 0.308 e. The Balaban J connectivity index is 2.45. The Morgan fingerprint density at radius 2 is 2.20 bits per heavy atom. The maximum atomic E-state index is 11.6. The van der Waals surface area contributed by atoms with E-state index in [1.54, 1.807) is 24.5 Å². The predicted molar refractivity (Wildman–Crippen MR) is 76.9 cm³/mol. The third-order valence-electron chi connectivity index (χ3n) is 2.74. The number of amides is 1. The molecule has 20 heavy (non-hydrogen) atoms. The number of pyridine rings is 1. The van der Waals surface area contributed by atoms with Crippen molar-refractivity contribution in [1.29, 1.82) is 0 Å². The van der Waals surface area contributed by atoms with Gasteiger partial charge in [0.25, 0.3) is 0 Å². The van der Waals surface area contributed by atoms with Crippen molar-refractivity contribution in [2.24, 2.45) is 11.8 Å². The SMILES string of the molecule is CC(C)CC(CNC(=O)/C=C/c1cccnc1)C(=O)O. The molecule has 0 spiro atoms. The van der Waals surface area contributed by atoms with Crippen molar-refractivity contribution in [1.82, 2.24) is 10.3 Å². The highest BCUT2D eigenvalue weighted by Gasteiger charge is 2.18. The van der Waals surface area contributed by atoms with Crippen molar-refractivity contribution >= 4 is 18.0 Å². The summed E-state index contributed by atoms with van der Waals surface area (Å²) in [7, 11) is 0. The predicted octanol–water partition coefficient (Wildman–Crippen LogP) is 1.96. The molecule has 0 saturated carbocycles. The minimum atomic E-state index is -0.879. The maximum Gasteiger partial charge on any atom is 0.308 e. The highest BCUT2D eigenvalue weighted by Crippen LogP contribution is 2.11. The van der Waals surface area contributed by atoms with Crippen molar-refractivity contribution in [2.45, 2.75) is 20.3 Å². The molecule has 108 valence electrons. The first-order chi connectivity index (χ1) is 9.49. The van der Waals surface area contributed by atoms with Crippen LogP contribution in [0.5, 0.6) is 0 Å². The van der Waals surface area contributed by atoms with Gasteiger partial charge in [0.05, 0.1) is 5.92 Å². The van der Waals surface area contributed by atoms with E-state index in [0.29, 0.717) is 6.42 Å². The van der Waals surface area contributed by atoms with E-state index >= 15 is 0 Å². The summed E-state index contributed by atoms with van der Waals surface area (Å²) in [5, 5.41) is 11.7. The number of aromatic nitrogens is 1. The van der Waals surface area contributed by atoms with Crippen molar-refractivity contribution in [2.75, 3.05) is 6.54 Å². The molecule has 0 radical (unpaired) electrons. The lowest BCUT2D eigenvalue weighted by Gasteiger charge is -2.14. The molecule has 0 aromatic carbocycles. The Hall–Kier alpha value is -2.17. The number of carbonyl (C=O) groups is 2. The number of hydrogen-bond donors (Lipinski definition) is 2. The second-order valence-corrected chi connectivity index (χ2v) is 5.03. The summed E-state index contributed by atoms with van der Waals surface area (Å²) in [5.41, 5.74) is 0.819. The molecular weight excluding hydrogens is 256 g/mol. The lowest BCUT2D eigenvalue weighted by molar-refractivity contribution is -0.142. The summed E-state index contributed by atoms with van der Waals surface area (Å²) in [6.45, 7) is 4.06. The van der Waals surface area contributed by atoms with E-state index < -0.39 is 11.9 Å². The van der Waals surface area contributed by atoms with Crippen LogP contribution in [0.25, 0.3) is 6.08 Å². The Labute approximate surface area is 118 Å². The van der Waals surface area contributed by atoms with Crippen LogP contribution in [-0.4, -0.2) is 28.5 Å². The molecule has 1 rings (SSSR count). The number of carbonyl (C=O) groups excluding carboxylic acids is 1. The number of rotatable bonds is 7. The van der Waals surface area contributed by atoms with Crippen LogP contribution in [0.4, 0.5) is 0 Å². The second kappa shape index (κ2) is 8.09. The quantitative estimate of drug-likeness (QED) is 0.746. The normalized spacial score (nSPS) is 12.6. The van der Waals surface area contributed by atoms with E-state index in [-0.39, 0.29) is 18.4 Å². The van der Waals surface area contributed by atoms with E-state index in [2.05, 4.69) is 10.3 Å². The lowest BCUT2D eigenvalue weighted by Crippen LogP contribution is -2.32. The second-order valence-electron chi connectivity index (χ2n) is 5.03. The van der Waals surface area contributed by atoms with Crippen LogP contribution < -0.4 is 5.32 Å². The van der Waals surface area contributed by atoms with Crippen LogP contribution >= 0.6 is 0 Å². The zero-order chi connectivity index (χ0) is 15.0. The molecule has 1 unspecified atom stereocenters. The number of carboxylic acids is 1. The Kier molecular flexibility index (Phi) is 6.43. The molecule has 1 atom stereocenters. The Morgan fingerprint density at radius 3 is 2.75 bits per heavy atom. The summed E-state index contributed by atoms with van der Waals surface area (Å²) in [6.07, 6.45) is 6.86. The van der Waals surface area contributed by atoms with Gasteiger partial charge in [-0.1, -0.05) is 19.9 Å². The largest absolute Gasteiger partial charge is 0.481 e. The highest BCUT2D eigenvalue weighted by atomic mass is 16.4. The Morgan fingerprint density at radius 1 is 1.45 bits per heavy atom. The fourth-order valence-corrected chi connectivity index (χ4v) is 1.77. The zero-order valence-corrected chi connectivity index (χ0v) is 11.7. The van der Waals surface area contributed by atoms with Gasteiger partial charge in [0.15, 0.2) is 0 Å². The average Bonchev–Trinajstić information content (AvgIpc) is 2.41. The molecule has 0 aliphatic heterocycles. The van der Waals surface area contributed by atoms with Gasteiger partial charge in [-0.25, -0.2) is 0 Å². The van der Waals surface area contributed by atoms with Gasteiger partial charge < -0.3 is 10.4 Å². The molecule has 0 aliphatic carbocycles. The van der Waals surface area contributed by atoms with Gasteiger partial charge in [-0.3, -0.25) is 14.6 Å². The minimum absolute atomic E-state index is 0.143. The standard InChI is InChI=1S/C15H20N2O3/c1-11(2)8-13(15(19)20)10-17-14(18)6-5-12-4-3-7-16-9-12/h3-7,9,11,13H,8,10H2,1-2H3,(H,17,18)(H,19,20)/b6-5+. The molecule has 1 amide bonds. The fraction of sp³-hybridized carbons (Fsp3) is 0.400. The minimum Gasteiger partial charge on any atom is -0.481 e. The van der Waals surface area contributed by atoms with Gasteiger partial charge >= 0.3 is 5.97 Å². The van der Waals surface area contributed by atoms with E-state index in [1.165, 1.54) is 6.08 Å². The molecular formula is C15H20N2O3. The number of carboxylic acid groups (broad SMARTS) is 1. The number of aliphatic carboxylic acids is 1. The van der Waals surface area contributed by atoms with Gasteiger partial charge in [-0.15, -0.1) is 0 Å². The zero-order valence-electron chi connectivity index (χ0n) is 11.7. The Bertz CT molecular complexity index is 469. The van der Waals surface area contributed by atoms with Crippen LogP contribution in [-0.2, 0) is 9.59 Å². The molecule has 5 heteroatoms. The molecule has 1 heterocycles. The van der Waals surface area contributed by atoms with Crippen LogP contribution in [0.2, 0.25) is 0 Å². The maximum absolute atomic E-state index is 11.6. The van der Waals surface area contributed by atoms with E-state index in [4.69, 9.17) is 5.11 Å². The molecule has 0 bridgehead atoms. The van der Waals surface area contributed by atoms with Crippen LogP contribution in [0.15, 0.2) is 30.6 Å². The first-order valence-corrected chi connectivity index (χ1v) is 6.57. The molecule has 5 nitrogen and oxygen atoms in total. The van der Waals surface area contributed by atoms with Crippen LogP contribution in [0.1, 0.15) is 25.8 Å². The number of nitrogens with one attached hydrogen (secondary N) is 1.